The molecule has 25 heavy (non-hydrogen) atoms. The number of carbonyl (C=O) groups excluding carboxylic acids is 2. The van der Waals surface area contributed by atoms with Crippen LogP contribution in [0.3, 0.4) is 0 Å². The second-order valence-electron chi connectivity index (χ2n) is 7.25. The third-order valence-corrected chi connectivity index (χ3v) is 4.44. The Bertz CT molecular complexity index is 646. The van der Waals surface area contributed by atoms with Gasteiger partial charge in [0.15, 0.2) is 0 Å². The maximum atomic E-state index is 13.3. The summed E-state index contributed by atoms with van der Waals surface area (Å²) in [6.07, 6.45) is 1.37. The quantitative estimate of drug-likeness (QED) is 0.820. The van der Waals surface area contributed by atoms with Gasteiger partial charge >= 0.3 is 6.09 Å². The van der Waals surface area contributed by atoms with Crippen molar-refractivity contribution in [2.45, 2.75) is 51.7 Å². The molecule has 1 fully saturated rings. The molecule has 1 N–H and O–H groups in total. The van der Waals surface area contributed by atoms with Crippen molar-refractivity contribution in [2.24, 2.45) is 0 Å². The van der Waals surface area contributed by atoms with Gasteiger partial charge in [-0.15, -0.1) is 0 Å². The molecule has 138 valence electrons. The number of carbonyl (C=O) groups is 2. The Hall–Kier alpha value is -1.63. The summed E-state index contributed by atoms with van der Waals surface area (Å²) in [4.78, 5) is 26.1. The summed E-state index contributed by atoms with van der Waals surface area (Å²) in [5, 5.41) is 2.83. The average Bonchev–Trinajstić information content (AvgIpc) is 2.49. The van der Waals surface area contributed by atoms with Crippen LogP contribution in [0, 0.1) is 5.82 Å². The molecule has 0 bridgehead atoms. The zero-order valence-electron chi connectivity index (χ0n) is 14.8. The molecule has 0 saturated carbocycles. The molecule has 2 amide bonds. The molecule has 1 aromatic rings. The van der Waals surface area contributed by atoms with Crippen LogP contribution < -0.4 is 5.32 Å². The van der Waals surface area contributed by atoms with Crippen LogP contribution in [0.1, 0.15) is 39.2 Å². The van der Waals surface area contributed by atoms with Gasteiger partial charge in [0.2, 0.25) is 5.91 Å². The number of alkyl carbamates (subject to hydrolysis) is 1. The van der Waals surface area contributed by atoms with Crippen LogP contribution >= 0.6 is 15.9 Å². The van der Waals surface area contributed by atoms with Gasteiger partial charge in [0, 0.05) is 19.1 Å². The largest absolute Gasteiger partial charge is 0.444 e. The number of amides is 2. The Morgan fingerprint density at radius 1 is 1.40 bits per heavy atom. The van der Waals surface area contributed by atoms with E-state index < -0.39 is 11.7 Å². The van der Waals surface area contributed by atoms with Gasteiger partial charge in [-0.2, -0.15) is 0 Å². The molecule has 1 heterocycles. The van der Waals surface area contributed by atoms with E-state index in [1.54, 1.807) is 17.0 Å². The number of rotatable bonds is 3. The lowest BCUT2D eigenvalue weighted by Gasteiger charge is -2.33. The summed E-state index contributed by atoms with van der Waals surface area (Å²) >= 11 is 3.13. The summed E-state index contributed by atoms with van der Waals surface area (Å²) in [5.41, 5.74) is 0.199. The number of ether oxygens (including phenoxy) is 1. The standard InChI is InChI=1S/C18H24BrFN2O3/c1-18(2,3)25-17(24)21-13-5-4-8-22(11-13)16(23)10-12-6-7-15(20)14(19)9-12/h6-7,9,13H,4-5,8,10-11H2,1-3H3,(H,21,24). The van der Waals surface area contributed by atoms with Crippen LogP contribution in [0.5, 0.6) is 0 Å². The Kier molecular flexibility index (Phi) is 6.43. The van der Waals surface area contributed by atoms with Gasteiger partial charge < -0.3 is 15.0 Å². The van der Waals surface area contributed by atoms with E-state index in [2.05, 4.69) is 21.2 Å². The highest BCUT2D eigenvalue weighted by Gasteiger charge is 2.26. The topological polar surface area (TPSA) is 58.6 Å². The van der Waals surface area contributed by atoms with Gasteiger partial charge in [-0.1, -0.05) is 6.07 Å². The lowest BCUT2D eigenvalue weighted by Crippen LogP contribution is -2.50. The van der Waals surface area contributed by atoms with E-state index in [9.17, 15) is 14.0 Å². The highest BCUT2D eigenvalue weighted by molar-refractivity contribution is 9.10. The first-order valence-electron chi connectivity index (χ1n) is 8.35. The summed E-state index contributed by atoms with van der Waals surface area (Å²) in [6.45, 7) is 6.55. The second kappa shape index (κ2) is 8.17. The van der Waals surface area contributed by atoms with Crippen molar-refractivity contribution in [1.29, 1.82) is 0 Å². The van der Waals surface area contributed by atoms with Crippen molar-refractivity contribution in [3.05, 3.63) is 34.1 Å². The molecule has 0 spiro atoms. The SMILES string of the molecule is CC(C)(C)OC(=O)NC1CCCN(C(=O)Cc2ccc(F)c(Br)c2)C1. The predicted molar refractivity (Wildman–Crippen MR) is 96.8 cm³/mol. The van der Waals surface area contributed by atoms with E-state index in [-0.39, 0.29) is 24.2 Å². The summed E-state index contributed by atoms with van der Waals surface area (Å²) in [7, 11) is 0. The first-order chi connectivity index (χ1) is 11.6. The number of halogens is 2. The Morgan fingerprint density at radius 3 is 2.76 bits per heavy atom. The second-order valence-corrected chi connectivity index (χ2v) is 8.10. The van der Waals surface area contributed by atoms with Crippen LogP contribution in [0.2, 0.25) is 0 Å². The van der Waals surface area contributed by atoms with Gasteiger partial charge in [-0.25, -0.2) is 9.18 Å². The summed E-state index contributed by atoms with van der Waals surface area (Å²) in [6, 6.07) is 4.45. The minimum Gasteiger partial charge on any atom is -0.444 e. The van der Waals surface area contributed by atoms with Crippen LogP contribution in [0.25, 0.3) is 0 Å². The summed E-state index contributed by atoms with van der Waals surface area (Å²) in [5.74, 6) is -0.384. The van der Waals surface area contributed by atoms with Crippen LogP contribution in [-0.2, 0) is 16.0 Å². The maximum absolute atomic E-state index is 13.3. The fourth-order valence-corrected chi connectivity index (χ4v) is 3.16. The number of benzene rings is 1. The molecule has 5 nitrogen and oxygen atoms in total. The predicted octanol–water partition coefficient (Wildman–Crippen LogP) is 3.65. The van der Waals surface area contributed by atoms with Gasteiger partial charge in [-0.3, -0.25) is 4.79 Å². The van der Waals surface area contributed by atoms with Crippen molar-refractivity contribution in [2.75, 3.05) is 13.1 Å². The number of nitrogens with zero attached hydrogens (tertiary/aromatic N) is 1. The fraction of sp³-hybridized carbons (Fsp3) is 0.556. The minimum atomic E-state index is -0.551. The zero-order valence-corrected chi connectivity index (χ0v) is 16.4. The lowest BCUT2D eigenvalue weighted by molar-refractivity contribution is -0.131. The number of hydrogen-bond donors (Lipinski definition) is 1. The van der Waals surface area contributed by atoms with Gasteiger partial charge in [0.25, 0.3) is 0 Å². The number of nitrogens with one attached hydrogen (secondary N) is 1. The van der Waals surface area contributed by atoms with Crippen molar-refractivity contribution in [1.82, 2.24) is 10.2 Å². The molecule has 7 heteroatoms. The Morgan fingerprint density at radius 2 is 2.12 bits per heavy atom. The van der Waals surface area contributed by atoms with Crippen LogP contribution in [0.15, 0.2) is 22.7 Å². The minimum absolute atomic E-state index is 0.0332. The van der Waals surface area contributed by atoms with E-state index in [0.717, 1.165) is 18.4 Å². The Balaban J connectivity index is 1.90. The molecule has 0 aliphatic carbocycles. The highest BCUT2D eigenvalue weighted by atomic mass is 79.9. The molecular formula is C18H24BrFN2O3. The third-order valence-electron chi connectivity index (χ3n) is 3.83. The van der Waals surface area contributed by atoms with Crippen molar-refractivity contribution < 1.29 is 18.7 Å². The van der Waals surface area contributed by atoms with Crippen molar-refractivity contribution in [3.63, 3.8) is 0 Å². The molecule has 1 aliphatic heterocycles. The molecule has 1 atom stereocenters. The third kappa shape index (κ3) is 6.30. The molecule has 1 saturated heterocycles. The monoisotopic (exact) mass is 414 g/mol. The maximum Gasteiger partial charge on any atom is 0.407 e. The van der Waals surface area contributed by atoms with Gasteiger partial charge in [-0.05, 0) is 67.2 Å². The molecule has 0 radical (unpaired) electrons. The van der Waals surface area contributed by atoms with Gasteiger partial charge in [0.1, 0.15) is 11.4 Å². The van der Waals surface area contributed by atoms with Crippen LogP contribution in [0.4, 0.5) is 9.18 Å². The normalized spacial score (nSPS) is 18.0. The number of piperidine rings is 1. The number of hydrogen-bond acceptors (Lipinski definition) is 3. The molecule has 1 aliphatic rings. The van der Waals surface area contributed by atoms with E-state index in [1.165, 1.54) is 6.07 Å². The summed E-state index contributed by atoms with van der Waals surface area (Å²) < 4.78 is 18.9. The first-order valence-corrected chi connectivity index (χ1v) is 9.14. The number of likely N-dealkylation sites (tertiary alicyclic amines) is 1. The first kappa shape index (κ1) is 19.7. The average molecular weight is 415 g/mol. The van der Waals surface area contributed by atoms with Gasteiger partial charge in [0.05, 0.1) is 10.9 Å². The Labute approximate surface area is 156 Å². The smallest absolute Gasteiger partial charge is 0.407 e. The highest BCUT2D eigenvalue weighted by Crippen LogP contribution is 2.19. The van der Waals surface area contributed by atoms with E-state index in [0.29, 0.717) is 17.6 Å². The lowest BCUT2D eigenvalue weighted by atomic mass is 10.0. The molecule has 1 unspecified atom stereocenters. The zero-order chi connectivity index (χ0) is 18.6. The molecule has 0 aromatic heterocycles. The molecule has 1 aromatic carbocycles. The van der Waals surface area contributed by atoms with E-state index in [1.807, 2.05) is 20.8 Å². The fourth-order valence-electron chi connectivity index (χ4n) is 2.73. The van der Waals surface area contributed by atoms with Crippen molar-refractivity contribution in [3.8, 4) is 0 Å². The van der Waals surface area contributed by atoms with E-state index >= 15 is 0 Å². The van der Waals surface area contributed by atoms with Crippen LogP contribution in [-0.4, -0.2) is 41.6 Å². The molecule has 2 rings (SSSR count). The van der Waals surface area contributed by atoms with E-state index in [4.69, 9.17) is 4.74 Å². The van der Waals surface area contributed by atoms with Crippen molar-refractivity contribution >= 4 is 27.9 Å². The molecular weight excluding hydrogens is 391 g/mol.